The van der Waals surface area contributed by atoms with Crippen LogP contribution in [-0.4, -0.2) is 34.5 Å². The SMILES string of the molecule is CNC(COCCCC(C)C)c1ccc(OC)c(OC)c1. The smallest absolute Gasteiger partial charge is 0.161 e. The molecular weight excluding hydrogens is 266 g/mol. The van der Waals surface area contributed by atoms with Crippen molar-refractivity contribution in [3.8, 4) is 11.5 Å². The summed E-state index contributed by atoms with van der Waals surface area (Å²) in [4.78, 5) is 0. The van der Waals surface area contributed by atoms with E-state index in [0.29, 0.717) is 6.61 Å². The first-order chi connectivity index (χ1) is 10.1. The summed E-state index contributed by atoms with van der Waals surface area (Å²) >= 11 is 0. The minimum absolute atomic E-state index is 0.156. The monoisotopic (exact) mass is 295 g/mol. The molecular formula is C17H29NO3. The molecule has 0 aliphatic rings. The van der Waals surface area contributed by atoms with Gasteiger partial charge in [-0.1, -0.05) is 19.9 Å². The Labute approximate surface area is 128 Å². The fraction of sp³-hybridized carbons (Fsp3) is 0.647. The first kappa shape index (κ1) is 17.8. The number of likely N-dealkylation sites (N-methyl/N-ethyl adjacent to an activating group) is 1. The average Bonchev–Trinajstić information content (AvgIpc) is 2.50. The van der Waals surface area contributed by atoms with Crippen molar-refractivity contribution < 1.29 is 14.2 Å². The van der Waals surface area contributed by atoms with E-state index >= 15 is 0 Å². The highest BCUT2D eigenvalue weighted by Crippen LogP contribution is 2.30. The molecule has 1 rings (SSSR count). The van der Waals surface area contributed by atoms with Crippen LogP contribution in [0, 0.1) is 5.92 Å². The van der Waals surface area contributed by atoms with Gasteiger partial charge in [0.15, 0.2) is 11.5 Å². The molecule has 1 atom stereocenters. The summed E-state index contributed by atoms with van der Waals surface area (Å²) in [5, 5.41) is 3.29. The van der Waals surface area contributed by atoms with Crippen LogP contribution in [0.25, 0.3) is 0 Å². The van der Waals surface area contributed by atoms with Gasteiger partial charge in [-0.2, -0.15) is 0 Å². The topological polar surface area (TPSA) is 39.7 Å². The fourth-order valence-corrected chi connectivity index (χ4v) is 2.21. The second-order valence-electron chi connectivity index (χ2n) is 5.57. The largest absolute Gasteiger partial charge is 0.493 e. The zero-order valence-corrected chi connectivity index (χ0v) is 13.9. The maximum Gasteiger partial charge on any atom is 0.161 e. The van der Waals surface area contributed by atoms with E-state index in [1.54, 1.807) is 14.2 Å². The van der Waals surface area contributed by atoms with Crippen molar-refractivity contribution in [1.82, 2.24) is 5.32 Å². The summed E-state index contributed by atoms with van der Waals surface area (Å²) in [6, 6.07) is 6.12. The van der Waals surface area contributed by atoms with E-state index in [2.05, 4.69) is 19.2 Å². The van der Waals surface area contributed by atoms with Crippen LogP contribution in [0.4, 0.5) is 0 Å². The van der Waals surface area contributed by atoms with Gasteiger partial charge in [0.25, 0.3) is 0 Å². The van der Waals surface area contributed by atoms with Crippen molar-refractivity contribution in [2.24, 2.45) is 5.92 Å². The predicted molar refractivity (Wildman–Crippen MR) is 86.2 cm³/mol. The predicted octanol–water partition coefficient (Wildman–Crippen LogP) is 3.42. The lowest BCUT2D eigenvalue weighted by Crippen LogP contribution is -2.22. The Kier molecular flexibility index (Phi) is 8.16. The van der Waals surface area contributed by atoms with E-state index in [4.69, 9.17) is 14.2 Å². The number of methoxy groups -OCH3 is 2. The standard InChI is InChI=1S/C17H29NO3/c1-13(2)7-6-10-21-12-15(18-3)14-8-9-16(19-4)17(11-14)20-5/h8-9,11,13,15,18H,6-7,10,12H2,1-5H3. The minimum Gasteiger partial charge on any atom is -0.493 e. The number of nitrogens with one attached hydrogen (secondary N) is 1. The molecule has 0 bridgehead atoms. The number of benzene rings is 1. The molecule has 0 aliphatic carbocycles. The van der Waals surface area contributed by atoms with Gasteiger partial charge in [-0.25, -0.2) is 0 Å². The lowest BCUT2D eigenvalue weighted by atomic mass is 10.1. The Balaban J connectivity index is 2.55. The van der Waals surface area contributed by atoms with Crippen LogP contribution < -0.4 is 14.8 Å². The van der Waals surface area contributed by atoms with E-state index in [9.17, 15) is 0 Å². The molecule has 4 heteroatoms. The zero-order valence-electron chi connectivity index (χ0n) is 13.9. The highest BCUT2D eigenvalue weighted by Gasteiger charge is 2.13. The van der Waals surface area contributed by atoms with Crippen molar-refractivity contribution in [2.45, 2.75) is 32.7 Å². The Morgan fingerprint density at radius 1 is 1.10 bits per heavy atom. The van der Waals surface area contributed by atoms with Gasteiger partial charge in [-0.05, 0) is 43.5 Å². The van der Waals surface area contributed by atoms with Crippen molar-refractivity contribution in [2.75, 3.05) is 34.5 Å². The van der Waals surface area contributed by atoms with Crippen LogP contribution in [0.15, 0.2) is 18.2 Å². The molecule has 0 fully saturated rings. The van der Waals surface area contributed by atoms with Gasteiger partial charge in [0.1, 0.15) is 0 Å². The summed E-state index contributed by atoms with van der Waals surface area (Å²) in [6.45, 7) is 5.94. The summed E-state index contributed by atoms with van der Waals surface area (Å²) in [7, 11) is 5.24. The average molecular weight is 295 g/mol. The number of rotatable bonds is 10. The molecule has 1 aromatic carbocycles. The van der Waals surface area contributed by atoms with E-state index < -0.39 is 0 Å². The van der Waals surface area contributed by atoms with Gasteiger partial charge in [0.05, 0.1) is 26.9 Å². The fourth-order valence-electron chi connectivity index (χ4n) is 2.21. The molecule has 0 amide bonds. The molecule has 0 spiro atoms. The van der Waals surface area contributed by atoms with Crippen molar-refractivity contribution in [3.05, 3.63) is 23.8 Å². The van der Waals surface area contributed by atoms with E-state index in [1.165, 1.54) is 6.42 Å². The molecule has 0 aromatic heterocycles. The molecule has 0 aliphatic heterocycles. The van der Waals surface area contributed by atoms with Crippen LogP contribution in [0.3, 0.4) is 0 Å². The van der Waals surface area contributed by atoms with Crippen LogP contribution in [0.1, 0.15) is 38.3 Å². The lowest BCUT2D eigenvalue weighted by molar-refractivity contribution is 0.108. The van der Waals surface area contributed by atoms with Gasteiger partial charge < -0.3 is 19.5 Å². The van der Waals surface area contributed by atoms with Gasteiger partial charge in [0, 0.05) is 6.61 Å². The van der Waals surface area contributed by atoms with E-state index in [0.717, 1.165) is 36.0 Å². The first-order valence-corrected chi connectivity index (χ1v) is 7.59. The van der Waals surface area contributed by atoms with Gasteiger partial charge >= 0.3 is 0 Å². The summed E-state index contributed by atoms with van der Waals surface area (Å²) in [6.07, 6.45) is 2.32. The minimum atomic E-state index is 0.156. The molecule has 0 radical (unpaired) electrons. The molecule has 120 valence electrons. The normalized spacial score (nSPS) is 12.5. The first-order valence-electron chi connectivity index (χ1n) is 7.59. The third kappa shape index (κ3) is 5.94. The molecule has 1 unspecified atom stereocenters. The van der Waals surface area contributed by atoms with Crippen LogP contribution >= 0.6 is 0 Å². The molecule has 0 saturated heterocycles. The van der Waals surface area contributed by atoms with Crippen LogP contribution in [-0.2, 0) is 4.74 Å². The van der Waals surface area contributed by atoms with Crippen LogP contribution in [0.2, 0.25) is 0 Å². The quantitative estimate of drug-likeness (QED) is 0.671. The number of hydrogen-bond donors (Lipinski definition) is 1. The summed E-state index contributed by atoms with van der Waals surface area (Å²) < 4.78 is 16.4. The lowest BCUT2D eigenvalue weighted by Gasteiger charge is -2.18. The highest BCUT2D eigenvalue weighted by atomic mass is 16.5. The second-order valence-corrected chi connectivity index (χ2v) is 5.57. The Morgan fingerprint density at radius 3 is 2.38 bits per heavy atom. The Hall–Kier alpha value is -1.26. The molecule has 0 heterocycles. The maximum absolute atomic E-state index is 5.79. The van der Waals surface area contributed by atoms with Gasteiger partial charge in [-0.15, -0.1) is 0 Å². The summed E-state index contributed by atoms with van der Waals surface area (Å²) in [5.74, 6) is 2.23. The Bertz CT molecular complexity index is 407. The van der Waals surface area contributed by atoms with E-state index in [1.807, 2.05) is 25.2 Å². The van der Waals surface area contributed by atoms with Crippen LogP contribution in [0.5, 0.6) is 11.5 Å². The van der Waals surface area contributed by atoms with Gasteiger partial charge in [0.2, 0.25) is 0 Å². The highest BCUT2D eigenvalue weighted by molar-refractivity contribution is 5.43. The number of ether oxygens (including phenoxy) is 3. The number of hydrogen-bond acceptors (Lipinski definition) is 4. The van der Waals surface area contributed by atoms with Crippen molar-refractivity contribution >= 4 is 0 Å². The third-order valence-electron chi connectivity index (χ3n) is 3.51. The third-order valence-corrected chi connectivity index (χ3v) is 3.51. The molecule has 1 aromatic rings. The van der Waals surface area contributed by atoms with Gasteiger partial charge in [-0.3, -0.25) is 0 Å². The zero-order chi connectivity index (χ0) is 15.7. The molecule has 0 saturated carbocycles. The van der Waals surface area contributed by atoms with Crippen molar-refractivity contribution in [3.63, 3.8) is 0 Å². The molecule has 4 nitrogen and oxygen atoms in total. The molecule has 1 N–H and O–H groups in total. The Morgan fingerprint density at radius 2 is 1.81 bits per heavy atom. The summed E-state index contributed by atoms with van der Waals surface area (Å²) in [5.41, 5.74) is 1.14. The molecule has 21 heavy (non-hydrogen) atoms. The second kappa shape index (κ2) is 9.64. The maximum atomic E-state index is 5.79. The van der Waals surface area contributed by atoms with Crippen molar-refractivity contribution in [1.29, 1.82) is 0 Å². The van der Waals surface area contributed by atoms with E-state index in [-0.39, 0.29) is 6.04 Å².